The number of benzene rings is 2. The monoisotopic (exact) mass is 407 g/mol. The number of nitrogens with zero attached hydrogens (tertiary/aromatic N) is 2. The van der Waals surface area contributed by atoms with E-state index in [1.54, 1.807) is 41.1 Å². The van der Waals surface area contributed by atoms with Gasteiger partial charge in [0.2, 0.25) is 5.91 Å². The van der Waals surface area contributed by atoms with Crippen LogP contribution in [0.4, 0.5) is 5.82 Å². The fourth-order valence-corrected chi connectivity index (χ4v) is 2.82. The number of carbonyl (C=O) groups is 1. The predicted octanol–water partition coefficient (Wildman–Crippen LogP) is 6.09. The van der Waals surface area contributed by atoms with Gasteiger partial charge in [-0.2, -0.15) is 5.10 Å². The van der Waals surface area contributed by atoms with Crippen LogP contribution in [0, 0.1) is 5.92 Å². The number of amides is 1. The third-order valence-corrected chi connectivity index (χ3v) is 4.57. The van der Waals surface area contributed by atoms with Crippen molar-refractivity contribution in [3.8, 4) is 16.9 Å². The molecule has 3 rings (SSSR count). The Hall–Kier alpha value is -2.01. The van der Waals surface area contributed by atoms with Gasteiger partial charge in [0.1, 0.15) is 5.82 Å². The number of aromatic nitrogens is 2. The van der Waals surface area contributed by atoms with Gasteiger partial charge in [-0.05, 0) is 30.3 Å². The molecule has 0 radical (unpaired) electrons. The summed E-state index contributed by atoms with van der Waals surface area (Å²) >= 11 is 18.4. The van der Waals surface area contributed by atoms with Gasteiger partial charge in [-0.25, -0.2) is 4.68 Å². The molecule has 0 unspecified atom stereocenters. The summed E-state index contributed by atoms with van der Waals surface area (Å²) in [7, 11) is 0. The van der Waals surface area contributed by atoms with Crippen molar-refractivity contribution in [2.24, 2.45) is 5.92 Å². The van der Waals surface area contributed by atoms with E-state index >= 15 is 0 Å². The van der Waals surface area contributed by atoms with Gasteiger partial charge in [0.15, 0.2) is 0 Å². The topological polar surface area (TPSA) is 46.9 Å². The van der Waals surface area contributed by atoms with E-state index in [1.165, 1.54) is 0 Å². The zero-order chi connectivity index (χ0) is 18.8. The van der Waals surface area contributed by atoms with E-state index in [0.717, 1.165) is 5.56 Å². The number of hydrogen-bond donors (Lipinski definition) is 1. The molecule has 7 heteroatoms. The fourth-order valence-electron chi connectivity index (χ4n) is 2.33. The average molecular weight is 409 g/mol. The molecule has 1 amide bonds. The molecule has 0 saturated heterocycles. The van der Waals surface area contributed by atoms with Crippen molar-refractivity contribution in [1.29, 1.82) is 0 Å². The summed E-state index contributed by atoms with van der Waals surface area (Å²) in [6.45, 7) is 3.64. The first-order valence-corrected chi connectivity index (χ1v) is 9.11. The lowest BCUT2D eigenvalue weighted by Gasteiger charge is -2.11. The Kier molecular flexibility index (Phi) is 5.56. The highest BCUT2D eigenvalue weighted by Gasteiger charge is 2.17. The van der Waals surface area contributed by atoms with Crippen LogP contribution in [-0.4, -0.2) is 15.7 Å². The summed E-state index contributed by atoms with van der Waals surface area (Å²) in [5, 5.41) is 9.13. The minimum atomic E-state index is -0.174. The molecule has 1 N–H and O–H groups in total. The fraction of sp³-hybridized carbons (Fsp3) is 0.158. The van der Waals surface area contributed by atoms with Gasteiger partial charge >= 0.3 is 0 Å². The van der Waals surface area contributed by atoms with E-state index in [-0.39, 0.29) is 11.8 Å². The standard InChI is InChI=1S/C19H16Cl3N3O/c1-11(2)19(26)23-18-10-16(12-3-5-13(20)6-4-12)24-25(18)17-9-14(21)7-8-15(17)22/h3-11H,1-2H3,(H,23,26). The number of anilines is 1. The summed E-state index contributed by atoms with van der Waals surface area (Å²) < 4.78 is 1.58. The number of carbonyl (C=O) groups excluding carboxylic acids is 1. The molecule has 3 aromatic rings. The number of halogens is 3. The Morgan fingerprint density at radius 1 is 1.00 bits per heavy atom. The van der Waals surface area contributed by atoms with Crippen LogP contribution >= 0.6 is 34.8 Å². The van der Waals surface area contributed by atoms with Crippen LogP contribution in [0.3, 0.4) is 0 Å². The number of nitrogens with one attached hydrogen (secondary N) is 1. The molecule has 0 saturated carbocycles. The maximum absolute atomic E-state index is 12.2. The molecule has 0 bridgehead atoms. The highest BCUT2D eigenvalue weighted by Crippen LogP contribution is 2.30. The SMILES string of the molecule is CC(C)C(=O)Nc1cc(-c2ccc(Cl)cc2)nn1-c1cc(Cl)ccc1Cl. The summed E-state index contributed by atoms with van der Waals surface area (Å²) in [6, 6.07) is 14.2. The van der Waals surface area contributed by atoms with Gasteiger partial charge in [-0.1, -0.05) is 60.8 Å². The molecule has 0 fully saturated rings. The lowest BCUT2D eigenvalue weighted by Crippen LogP contribution is -2.20. The zero-order valence-corrected chi connectivity index (χ0v) is 16.4. The molecule has 134 valence electrons. The molecular formula is C19H16Cl3N3O. The Morgan fingerprint density at radius 3 is 2.31 bits per heavy atom. The van der Waals surface area contributed by atoms with Crippen molar-refractivity contribution in [3.05, 3.63) is 63.6 Å². The summed E-state index contributed by atoms with van der Waals surface area (Å²) in [5.41, 5.74) is 2.13. The van der Waals surface area contributed by atoms with Crippen LogP contribution in [-0.2, 0) is 4.79 Å². The smallest absolute Gasteiger partial charge is 0.228 e. The van der Waals surface area contributed by atoms with Crippen LogP contribution in [0.25, 0.3) is 16.9 Å². The van der Waals surface area contributed by atoms with Crippen molar-refractivity contribution in [2.45, 2.75) is 13.8 Å². The zero-order valence-electron chi connectivity index (χ0n) is 14.1. The molecule has 0 aliphatic heterocycles. The Bertz CT molecular complexity index is 949. The minimum Gasteiger partial charge on any atom is -0.310 e. The lowest BCUT2D eigenvalue weighted by atomic mass is 10.1. The van der Waals surface area contributed by atoms with E-state index in [9.17, 15) is 4.79 Å². The van der Waals surface area contributed by atoms with Crippen LogP contribution in [0.15, 0.2) is 48.5 Å². The molecule has 4 nitrogen and oxygen atoms in total. The maximum atomic E-state index is 12.2. The van der Waals surface area contributed by atoms with Gasteiger partial charge in [-0.3, -0.25) is 4.79 Å². The molecular weight excluding hydrogens is 393 g/mol. The summed E-state index contributed by atoms with van der Waals surface area (Å²) in [5.74, 6) is 0.219. The second-order valence-electron chi connectivity index (χ2n) is 6.07. The largest absolute Gasteiger partial charge is 0.310 e. The first kappa shape index (κ1) is 18.8. The van der Waals surface area contributed by atoms with E-state index in [1.807, 2.05) is 26.0 Å². The summed E-state index contributed by atoms with van der Waals surface area (Å²) in [6.07, 6.45) is 0. The Balaban J connectivity index is 2.12. The number of hydrogen-bond acceptors (Lipinski definition) is 2. The van der Waals surface area contributed by atoms with Gasteiger partial charge in [-0.15, -0.1) is 0 Å². The Morgan fingerprint density at radius 2 is 1.65 bits per heavy atom. The normalized spacial score (nSPS) is 11.0. The first-order chi connectivity index (χ1) is 12.3. The molecule has 26 heavy (non-hydrogen) atoms. The van der Waals surface area contributed by atoms with E-state index in [2.05, 4.69) is 10.4 Å². The van der Waals surface area contributed by atoms with Gasteiger partial charge in [0.25, 0.3) is 0 Å². The first-order valence-electron chi connectivity index (χ1n) is 7.97. The van der Waals surface area contributed by atoms with Crippen molar-refractivity contribution >= 4 is 46.5 Å². The third kappa shape index (κ3) is 4.04. The molecule has 0 atom stereocenters. The van der Waals surface area contributed by atoms with E-state index < -0.39 is 0 Å². The lowest BCUT2D eigenvalue weighted by molar-refractivity contribution is -0.118. The average Bonchev–Trinajstić information content (AvgIpc) is 3.01. The van der Waals surface area contributed by atoms with Gasteiger partial charge in [0, 0.05) is 27.6 Å². The Labute approximate surface area is 166 Å². The maximum Gasteiger partial charge on any atom is 0.228 e. The second kappa shape index (κ2) is 7.70. The molecule has 1 heterocycles. The van der Waals surface area contributed by atoms with Crippen LogP contribution < -0.4 is 5.32 Å². The molecule has 0 spiro atoms. The minimum absolute atomic E-state index is 0.119. The van der Waals surface area contributed by atoms with Crippen LogP contribution in [0.1, 0.15) is 13.8 Å². The van der Waals surface area contributed by atoms with Crippen molar-refractivity contribution in [3.63, 3.8) is 0 Å². The van der Waals surface area contributed by atoms with E-state index in [4.69, 9.17) is 34.8 Å². The summed E-state index contributed by atoms with van der Waals surface area (Å²) in [4.78, 5) is 12.2. The quantitative estimate of drug-likeness (QED) is 0.567. The third-order valence-electron chi connectivity index (χ3n) is 3.76. The predicted molar refractivity (Wildman–Crippen MR) is 107 cm³/mol. The van der Waals surface area contributed by atoms with Crippen LogP contribution in [0.5, 0.6) is 0 Å². The van der Waals surface area contributed by atoms with Gasteiger partial charge < -0.3 is 5.32 Å². The number of rotatable bonds is 4. The van der Waals surface area contributed by atoms with Crippen molar-refractivity contribution < 1.29 is 4.79 Å². The van der Waals surface area contributed by atoms with Crippen molar-refractivity contribution in [1.82, 2.24) is 9.78 Å². The van der Waals surface area contributed by atoms with Crippen molar-refractivity contribution in [2.75, 3.05) is 5.32 Å². The second-order valence-corrected chi connectivity index (χ2v) is 7.35. The van der Waals surface area contributed by atoms with Gasteiger partial charge in [0.05, 0.1) is 16.4 Å². The molecule has 1 aromatic heterocycles. The highest BCUT2D eigenvalue weighted by atomic mass is 35.5. The van der Waals surface area contributed by atoms with E-state index in [0.29, 0.717) is 32.3 Å². The van der Waals surface area contributed by atoms with Crippen LogP contribution in [0.2, 0.25) is 15.1 Å². The highest BCUT2D eigenvalue weighted by molar-refractivity contribution is 6.34. The molecule has 0 aliphatic rings. The molecule has 2 aromatic carbocycles. The molecule has 0 aliphatic carbocycles.